The highest BCUT2D eigenvalue weighted by atomic mass is 19.4. The van der Waals surface area contributed by atoms with Gasteiger partial charge in [-0.2, -0.15) is 23.8 Å². The zero-order chi connectivity index (χ0) is 27.7. The van der Waals surface area contributed by atoms with Crippen LogP contribution in [0, 0.1) is 0 Å². The first-order valence-corrected chi connectivity index (χ1v) is 12.2. The van der Waals surface area contributed by atoms with Crippen LogP contribution in [0.2, 0.25) is 0 Å². The van der Waals surface area contributed by atoms with Gasteiger partial charge in [-0.3, -0.25) is 14.5 Å². The lowest BCUT2D eigenvalue weighted by Crippen LogP contribution is -2.73. The number of hydrogen-bond acceptors (Lipinski definition) is 4. The van der Waals surface area contributed by atoms with Crippen molar-refractivity contribution in [3.05, 3.63) is 107 Å². The van der Waals surface area contributed by atoms with E-state index in [1.807, 2.05) is 30.3 Å². The minimum Gasteiger partial charge on any atom is -0.339 e. The number of carbonyl (C=O) groups is 2. The highest BCUT2D eigenvalue weighted by Gasteiger charge is 2.44. The number of benzene rings is 3. The summed E-state index contributed by atoms with van der Waals surface area (Å²) in [4.78, 5) is 28.7. The van der Waals surface area contributed by atoms with Gasteiger partial charge in [0.25, 0.3) is 11.8 Å². The number of carbonyl (C=O) groups excluding carboxylic acids is 2. The molecule has 5 rings (SSSR count). The maximum atomic E-state index is 14.0. The molecule has 11 heteroatoms. The molecule has 2 heterocycles. The molecular formula is C28H25F3N5O3+. The van der Waals surface area contributed by atoms with E-state index < -0.39 is 35.5 Å². The molecule has 2 unspecified atom stereocenters. The fourth-order valence-corrected chi connectivity index (χ4v) is 4.91. The van der Waals surface area contributed by atoms with Crippen molar-refractivity contribution in [1.82, 2.24) is 15.1 Å². The summed E-state index contributed by atoms with van der Waals surface area (Å²) >= 11 is 0. The maximum absolute atomic E-state index is 14.0. The van der Waals surface area contributed by atoms with Crippen LogP contribution in [0.15, 0.2) is 85.1 Å². The molecule has 0 fully saturated rings. The van der Waals surface area contributed by atoms with Crippen molar-refractivity contribution < 1.29 is 33.4 Å². The molecule has 0 saturated carbocycles. The monoisotopic (exact) mass is 536 g/mol. The van der Waals surface area contributed by atoms with E-state index in [2.05, 4.69) is 10.4 Å². The van der Waals surface area contributed by atoms with E-state index in [9.17, 15) is 28.0 Å². The number of aromatic nitrogens is 2. The molecule has 2 atom stereocenters. The Balaban J connectivity index is 1.63. The average molecular weight is 537 g/mol. The number of rotatable bonds is 6. The van der Waals surface area contributed by atoms with E-state index in [0.29, 0.717) is 22.6 Å². The van der Waals surface area contributed by atoms with Gasteiger partial charge in [0, 0.05) is 35.7 Å². The first-order chi connectivity index (χ1) is 18.7. The van der Waals surface area contributed by atoms with E-state index in [4.69, 9.17) is 0 Å². The van der Waals surface area contributed by atoms with Gasteiger partial charge in [-0.1, -0.05) is 36.4 Å². The highest BCUT2D eigenvalue weighted by molar-refractivity contribution is 6.05. The summed E-state index contributed by atoms with van der Waals surface area (Å²) in [5.74, 6) is -1.46. The molecule has 0 bridgehead atoms. The quantitative estimate of drug-likeness (QED) is 0.258. The lowest BCUT2D eigenvalue weighted by atomic mass is 9.82. The summed E-state index contributed by atoms with van der Waals surface area (Å²) in [5.41, 5.74) is 2.22. The van der Waals surface area contributed by atoms with Crippen LogP contribution in [0.5, 0.6) is 0 Å². The lowest BCUT2D eigenvalue weighted by Gasteiger charge is -2.38. The SMILES string of the molecule is CCN1C(=O)C(NC(=O)c2cccc(C(F)(F)F)c2)C(c2cccc([NH2+]O)c2)c2cnn(-c3ccccc3)c21. The van der Waals surface area contributed by atoms with E-state index in [0.717, 1.165) is 29.4 Å². The number of nitrogens with one attached hydrogen (secondary N) is 1. The normalized spacial score (nSPS) is 17.2. The molecule has 1 aliphatic rings. The summed E-state index contributed by atoms with van der Waals surface area (Å²) in [6.07, 6.45) is -3.00. The van der Waals surface area contributed by atoms with E-state index in [1.165, 1.54) is 11.0 Å². The summed E-state index contributed by atoms with van der Waals surface area (Å²) in [6, 6.07) is 19.0. The van der Waals surface area contributed by atoms with Crippen LogP contribution in [0.25, 0.3) is 5.69 Å². The van der Waals surface area contributed by atoms with Gasteiger partial charge >= 0.3 is 6.18 Å². The Hall–Kier alpha value is -4.48. The van der Waals surface area contributed by atoms with Crippen molar-refractivity contribution in [2.75, 3.05) is 11.4 Å². The van der Waals surface area contributed by atoms with E-state index in [-0.39, 0.29) is 12.1 Å². The van der Waals surface area contributed by atoms with E-state index >= 15 is 0 Å². The molecule has 0 saturated heterocycles. The summed E-state index contributed by atoms with van der Waals surface area (Å²) in [7, 11) is 0. The Morgan fingerprint density at radius 1 is 1.05 bits per heavy atom. The Morgan fingerprint density at radius 3 is 2.49 bits per heavy atom. The maximum Gasteiger partial charge on any atom is 0.416 e. The van der Waals surface area contributed by atoms with Crippen molar-refractivity contribution >= 4 is 23.3 Å². The van der Waals surface area contributed by atoms with Gasteiger partial charge in [0.05, 0.1) is 17.4 Å². The largest absolute Gasteiger partial charge is 0.416 e. The van der Waals surface area contributed by atoms with Gasteiger partial charge in [-0.05, 0) is 42.8 Å². The number of alkyl halides is 3. The molecule has 0 spiro atoms. The molecule has 2 amide bonds. The Kier molecular flexibility index (Phi) is 6.94. The first-order valence-electron chi connectivity index (χ1n) is 12.2. The second-order valence-electron chi connectivity index (χ2n) is 9.06. The number of amides is 2. The lowest BCUT2D eigenvalue weighted by molar-refractivity contribution is -0.825. The molecule has 0 aliphatic carbocycles. The van der Waals surface area contributed by atoms with Crippen molar-refractivity contribution in [2.45, 2.75) is 25.1 Å². The summed E-state index contributed by atoms with van der Waals surface area (Å²) in [6.45, 7) is 2.05. The third-order valence-corrected chi connectivity index (χ3v) is 6.70. The minimum absolute atomic E-state index is 0.220. The fraction of sp³-hybridized carbons (Fsp3) is 0.179. The summed E-state index contributed by atoms with van der Waals surface area (Å²) < 4.78 is 41.5. The molecule has 4 N–H and O–H groups in total. The van der Waals surface area contributed by atoms with Crippen LogP contribution in [0.4, 0.5) is 24.7 Å². The fourth-order valence-electron chi connectivity index (χ4n) is 4.91. The predicted octanol–water partition coefficient (Wildman–Crippen LogP) is 3.77. The molecule has 3 aromatic carbocycles. The van der Waals surface area contributed by atoms with Crippen LogP contribution in [-0.2, 0) is 11.0 Å². The number of para-hydroxylation sites is 1. The summed E-state index contributed by atoms with van der Waals surface area (Å²) in [5, 5.41) is 16.9. The van der Waals surface area contributed by atoms with Crippen molar-refractivity contribution in [1.29, 1.82) is 0 Å². The third kappa shape index (κ3) is 4.89. The predicted molar refractivity (Wildman–Crippen MR) is 136 cm³/mol. The van der Waals surface area contributed by atoms with Crippen molar-refractivity contribution in [3.8, 4) is 5.69 Å². The zero-order valence-corrected chi connectivity index (χ0v) is 20.8. The molecule has 200 valence electrons. The number of hydrogen-bond donors (Lipinski definition) is 3. The number of likely N-dealkylation sites (N-methyl/N-ethyl adjacent to an activating group) is 1. The van der Waals surface area contributed by atoms with Crippen LogP contribution >= 0.6 is 0 Å². The number of nitrogens with two attached hydrogens (primary N) is 1. The number of quaternary nitrogens is 1. The molecule has 39 heavy (non-hydrogen) atoms. The number of anilines is 1. The van der Waals surface area contributed by atoms with Crippen LogP contribution in [0.1, 0.15) is 39.9 Å². The second kappa shape index (κ2) is 10.4. The average Bonchev–Trinajstić information content (AvgIpc) is 3.38. The second-order valence-corrected chi connectivity index (χ2v) is 9.06. The van der Waals surface area contributed by atoms with Crippen molar-refractivity contribution in [2.24, 2.45) is 0 Å². The molecule has 1 aromatic heterocycles. The highest BCUT2D eigenvalue weighted by Crippen LogP contribution is 2.41. The molecular weight excluding hydrogens is 511 g/mol. The Morgan fingerprint density at radius 2 is 1.79 bits per heavy atom. The van der Waals surface area contributed by atoms with Gasteiger partial charge in [0.2, 0.25) is 0 Å². The van der Waals surface area contributed by atoms with Gasteiger partial charge in [-0.15, -0.1) is 0 Å². The minimum atomic E-state index is -4.62. The Labute approximate surface area is 221 Å². The zero-order valence-electron chi connectivity index (χ0n) is 20.8. The van der Waals surface area contributed by atoms with Crippen molar-refractivity contribution in [3.63, 3.8) is 0 Å². The van der Waals surface area contributed by atoms with Gasteiger partial charge < -0.3 is 5.32 Å². The number of nitrogens with zero attached hydrogens (tertiary/aromatic N) is 3. The van der Waals surface area contributed by atoms with Gasteiger partial charge in [0.1, 0.15) is 11.9 Å². The Bertz CT molecular complexity index is 1520. The number of fused-ring (bicyclic) bond motifs is 1. The molecule has 0 radical (unpaired) electrons. The third-order valence-electron chi connectivity index (χ3n) is 6.70. The van der Waals surface area contributed by atoms with Crippen LogP contribution < -0.4 is 15.7 Å². The molecule has 8 nitrogen and oxygen atoms in total. The molecule has 1 aliphatic heterocycles. The van der Waals surface area contributed by atoms with Crippen LogP contribution in [-0.4, -0.2) is 39.4 Å². The standard InChI is InChI=1S/C28H24F3N5O3/c1-2-35-26-22(16-32-36(26)21-12-4-3-5-13-21)23(17-8-7-11-20(15-17)34-39)24(27(35)38)33-25(37)18-9-6-10-19(14-18)28(29,30)31/h3-16,23-24,34,39H,2H2,1H3,(H,33,37)/p+1. The topological polar surface area (TPSA) is 104 Å². The smallest absolute Gasteiger partial charge is 0.339 e. The number of halogens is 3. The van der Waals surface area contributed by atoms with E-state index in [1.54, 1.807) is 42.1 Å². The van der Waals surface area contributed by atoms with Gasteiger partial charge in [0.15, 0.2) is 5.69 Å². The molecule has 4 aromatic rings. The van der Waals surface area contributed by atoms with Crippen LogP contribution in [0.3, 0.4) is 0 Å². The van der Waals surface area contributed by atoms with Gasteiger partial charge in [-0.25, -0.2) is 9.89 Å². The first kappa shape index (κ1) is 26.1.